The minimum Gasteiger partial charge on any atom is -0.464 e. The number of hydrogen-bond acceptors (Lipinski definition) is 10. The van der Waals surface area contributed by atoms with Gasteiger partial charge in [0.1, 0.15) is 17.0 Å². The molecule has 0 saturated carbocycles. The van der Waals surface area contributed by atoms with Crippen LogP contribution in [0.2, 0.25) is 0 Å². The summed E-state index contributed by atoms with van der Waals surface area (Å²) in [5.74, 6) is 5.82. The summed E-state index contributed by atoms with van der Waals surface area (Å²) < 4.78 is 7.33. The Labute approximate surface area is 303 Å². The van der Waals surface area contributed by atoms with Crippen LogP contribution in [0.5, 0.6) is 0 Å². The molecule has 53 heavy (non-hydrogen) atoms. The van der Waals surface area contributed by atoms with E-state index in [-0.39, 0.29) is 41.9 Å². The number of hydrogen-bond donors (Lipinski definition) is 2. The lowest BCUT2D eigenvalue weighted by atomic mass is 9.90. The highest BCUT2D eigenvalue weighted by Crippen LogP contribution is 2.39. The number of carbonyl (C=O) groups is 3. The molecule has 1 unspecified atom stereocenters. The van der Waals surface area contributed by atoms with Crippen LogP contribution in [0, 0.1) is 18.8 Å². The second-order valence-corrected chi connectivity index (χ2v) is 13.2. The number of likely N-dealkylation sites (N-methyl/N-ethyl adjacent to an activating group) is 1. The zero-order chi connectivity index (χ0) is 36.8. The Morgan fingerprint density at radius 3 is 2.68 bits per heavy atom. The highest BCUT2D eigenvalue weighted by Gasteiger charge is 2.30. The molecule has 4 aromatic heterocycles. The number of piperidine rings is 1. The Kier molecular flexibility index (Phi) is 8.42. The fourth-order valence-corrected chi connectivity index (χ4v) is 6.98. The number of nitrogens with one attached hydrogen (secondary N) is 2. The van der Waals surface area contributed by atoms with Crippen molar-refractivity contribution in [2.45, 2.75) is 25.7 Å². The molecule has 0 radical (unpaired) electrons. The predicted molar refractivity (Wildman–Crippen MR) is 200 cm³/mol. The van der Waals surface area contributed by atoms with E-state index in [0.29, 0.717) is 41.1 Å². The van der Waals surface area contributed by atoms with Gasteiger partial charge in [-0.25, -0.2) is 9.97 Å². The van der Waals surface area contributed by atoms with E-state index in [1.807, 2.05) is 44.3 Å². The van der Waals surface area contributed by atoms with Gasteiger partial charge in [0.05, 0.1) is 36.1 Å². The van der Waals surface area contributed by atoms with E-state index >= 15 is 0 Å². The summed E-state index contributed by atoms with van der Waals surface area (Å²) in [6.07, 6.45) is 5.64. The van der Waals surface area contributed by atoms with Crippen LogP contribution in [0.25, 0.3) is 33.3 Å². The van der Waals surface area contributed by atoms with Gasteiger partial charge in [0, 0.05) is 72.8 Å². The minimum absolute atomic E-state index is 0.0170. The lowest BCUT2D eigenvalue weighted by Crippen LogP contribution is -2.39. The average molecular weight is 707 g/mol. The largest absolute Gasteiger partial charge is 0.464 e. The molecule has 0 spiro atoms. The number of fused-ring (bicyclic) bond motifs is 3. The van der Waals surface area contributed by atoms with E-state index in [9.17, 15) is 19.2 Å². The molecular formula is C40H34N8O5. The van der Waals surface area contributed by atoms with Crippen molar-refractivity contribution in [3.05, 3.63) is 106 Å². The van der Waals surface area contributed by atoms with Crippen LogP contribution in [0.4, 0.5) is 17.2 Å². The molecule has 13 heteroatoms. The van der Waals surface area contributed by atoms with Gasteiger partial charge < -0.3 is 24.1 Å². The third-order valence-corrected chi connectivity index (χ3v) is 9.82. The first-order valence-corrected chi connectivity index (χ1v) is 17.2. The molecule has 8 rings (SSSR count). The van der Waals surface area contributed by atoms with Crippen LogP contribution in [-0.4, -0.2) is 63.9 Å². The van der Waals surface area contributed by atoms with Gasteiger partial charge in [-0.2, -0.15) is 0 Å². The van der Waals surface area contributed by atoms with Crippen molar-refractivity contribution < 1.29 is 18.8 Å². The fourth-order valence-electron chi connectivity index (χ4n) is 6.98. The maximum absolute atomic E-state index is 12.9. The van der Waals surface area contributed by atoms with Crippen molar-refractivity contribution in [2.24, 2.45) is 7.05 Å². The molecule has 6 heterocycles. The molecule has 2 aliphatic heterocycles. The highest BCUT2D eigenvalue weighted by molar-refractivity contribution is 6.03. The monoisotopic (exact) mass is 706 g/mol. The number of aryl methyl sites for hydroxylation is 2. The number of aromatic nitrogens is 4. The van der Waals surface area contributed by atoms with Gasteiger partial charge in [-0.15, -0.1) is 0 Å². The normalized spacial score (nSPS) is 15.6. The smallest absolute Gasteiger partial charge is 0.270 e. The van der Waals surface area contributed by atoms with Crippen LogP contribution in [-0.2, 0) is 16.6 Å². The maximum Gasteiger partial charge on any atom is 0.270 e. The third-order valence-electron chi connectivity index (χ3n) is 9.82. The number of benzene rings is 2. The van der Waals surface area contributed by atoms with Crippen LogP contribution < -0.4 is 26.0 Å². The molecule has 2 N–H and O–H groups in total. The number of nitrogens with zero attached hydrogens (tertiary/aromatic N) is 6. The van der Waals surface area contributed by atoms with Gasteiger partial charge >= 0.3 is 0 Å². The summed E-state index contributed by atoms with van der Waals surface area (Å²) >= 11 is 0. The van der Waals surface area contributed by atoms with Crippen molar-refractivity contribution in [1.82, 2.24) is 30.2 Å². The Bertz CT molecular complexity index is 2600. The fraction of sp³-hybridized carbons (Fsp3) is 0.225. The van der Waals surface area contributed by atoms with Crippen molar-refractivity contribution in [3.8, 4) is 23.2 Å². The molecular weight excluding hydrogens is 672 g/mol. The Morgan fingerprint density at radius 1 is 1.00 bits per heavy atom. The molecule has 1 saturated heterocycles. The van der Waals surface area contributed by atoms with E-state index in [0.717, 1.165) is 45.6 Å². The molecule has 2 aromatic carbocycles. The van der Waals surface area contributed by atoms with Crippen LogP contribution in [0.3, 0.4) is 0 Å². The zero-order valence-corrected chi connectivity index (χ0v) is 29.3. The predicted octanol–water partition coefficient (Wildman–Crippen LogP) is 4.33. The van der Waals surface area contributed by atoms with Crippen LogP contribution in [0.15, 0.2) is 82.5 Å². The molecule has 1 atom stereocenters. The second-order valence-electron chi connectivity index (χ2n) is 13.2. The molecule has 0 bridgehead atoms. The molecule has 1 fully saturated rings. The maximum atomic E-state index is 12.9. The SMILES string of the molecule is Cc1cc2c(N3CCN(C)c4nc(-c5ccc(C(=O)NCC#Cc6ccc7occ(C8CCC(=O)NC8=O)c7c6)nc5)ncc43)cccc2n(C)c1=O. The van der Waals surface area contributed by atoms with Crippen LogP contribution in [0.1, 0.15) is 45.9 Å². The van der Waals surface area contributed by atoms with Gasteiger partial charge in [-0.1, -0.05) is 17.9 Å². The molecule has 3 amide bonds. The van der Waals surface area contributed by atoms with Crippen molar-refractivity contribution >= 4 is 56.8 Å². The van der Waals surface area contributed by atoms with E-state index in [4.69, 9.17) is 9.40 Å². The molecule has 6 aromatic rings. The topological polar surface area (TPSA) is 156 Å². The van der Waals surface area contributed by atoms with Crippen LogP contribution >= 0.6 is 0 Å². The van der Waals surface area contributed by atoms with Gasteiger partial charge in [0.15, 0.2) is 11.6 Å². The summed E-state index contributed by atoms with van der Waals surface area (Å²) in [6, 6.07) is 16.7. The number of anilines is 3. The highest BCUT2D eigenvalue weighted by atomic mass is 16.3. The molecule has 2 aliphatic rings. The first kappa shape index (κ1) is 33.3. The summed E-state index contributed by atoms with van der Waals surface area (Å²) in [5, 5.41) is 6.92. The van der Waals surface area contributed by atoms with Crippen molar-refractivity contribution in [2.75, 3.05) is 36.5 Å². The van der Waals surface area contributed by atoms with Gasteiger partial charge in [0.2, 0.25) is 11.8 Å². The van der Waals surface area contributed by atoms with E-state index in [2.05, 4.69) is 48.3 Å². The Morgan fingerprint density at radius 2 is 1.87 bits per heavy atom. The Balaban J connectivity index is 0.955. The number of pyridine rings is 2. The first-order valence-electron chi connectivity index (χ1n) is 17.2. The number of imide groups is 1. The number of furan rings is 1. The van der Waals surface area contributed by atoms with Gasteiger partial charge in [-0.05, 0) is 61.9 Å². The van der Waals surface area contributed by atoms with E-state index in [1.54, 1.807) is 48.5 Å². The average Bonchev–Trinajstić information content (AvgIpc) is 3.58. The standard InChI is InChI=1S/C40H34N8O5/c1-23-18-28-31(47(3)40(23)52)7-4-8-32(28)48-17-16-46(2)37-33(48)21-43-36(45-37)25-10-12-30(42-20-25)39(51)41-15-5-6-24-9-13-34-27(19-24)29(22-53-34)26-11-14-35(49)44-38(26)50/h4,7-10,12-13,18-22,26H,11,14-17H2,1-3H3,(H,41,51)(H,44,49,50). The van der Waals surface area contributed by atoms with Crippen molar-refractivity contribution in [3.63, 3.8) is 0 Å². The molecule has 264 valence electrons. The minimum atomic E-state index is -0.467. The zero-order valence-electron chi connectivity index (χ0n) is 29.3. The number of carbonyl (C=O) groups excluding carboxylic acids is 3. The summed E-state index contributed by atoms with van der Waals surface area (Å²) in [5.41, 5.74) is 6.28. The van der Waals surface area contributed by atoms with Crippen molar-refractivity contribution in [1.29, 1.82) is 0 Å². The Hall–Kier alpha value is -6.81. The van der Waals surface area contributed by atoms with E-state index < -0.39 is 5.92 Å². The quantitative estimate of drug-likeness (QED) is 0.196. The number of rotatable bonds is 5. The molecule has 0 aliphatic carbocycles. The first-order chi connectivity index (χ1) is 25.7. The summed E-state index contributed by atoms with van der Waals surface area (Å²) in [6.45, 7) is 3.37. The third kappa shape index (κ3) is 6.14. The number of amides is 3. The lowest BCUT2D eigenvalue weighted by Gasteiger charge is -2.36. The van der Waals surface area contributed by atoms with Gasteiger partial charge in [-0.3, -0.25) is 29.5 Å². The summed E-state index contributed by atoms with van der Waals surface area (Å²) in [7, 11) is 3.79. The second kappa shape index (κ2) is 13.4. The van der Waals surface area contributed by atoms with E-state index in [1.165, 1.54) is 0 Å². The molecule has 13 nitrogen and oxygen atoms in total. The lowest BCUT2D eigenvalue weighted by molar-refractivity contribution is -0.134. The van der Waals surface area contributed by atoms with Gasteiger partial charge in [0.25, 0.3) is 11.5 Å². The summed E-state index contributed by atoms with van der Waals surface area (Å²) in [4.78, 5) is 67.8.